The summed E-state index contributed by atoms with van der Waals surface area (Å²) in [5.41, 5.74) is 0. The largest absolute Gasteiger partial charge is 0.468 e. The van der Waals surface area contributed by atoms with Crippen LogP contribution in [-0.4, -0.2) is 25.0 Å². The van der Waals surface area contributed by atoms with E-state index in [4.69, 9.17) is 0 Å². The third kappa shape index (κ3) is 2.70. The first-order chi connectivity index (χ1) is 6.86. The Morgan fingerprint density at radius 3 is 2.53 bits per heavy atom. The predicted molar refractivity (Wildman–Crippen MR) is 43.9 cm³/mol. The summed E-state index contributed by atoms with van der Waals surface area (Å²) in [4.78, 5) is 22.2. The van der Waals surface area contributed by atoms with Gasteiger partial charge in [0.25, 0.3) is 0 Å². The average Bonchev–Trinajstić information content (AvgIpc) is 2.15. The lowest BCUT2D eigenvalue weighted by molar-refractivity contribution is -0.188. The summed E-state index contributed by atoms with van der Waals surface area (Å²) in [5, 5.41) is 0. The minimum atomic E-state index is -4.34. The molecular formula is C9H11F3O3. The number of Topliss-reactive ketones (excluding diaryl/α,β-unsaturated/α-hetero) is 1. The molecule has 0 aliphatic heterocycles. The number of ketones is 1. The van der Waals surface area contributed by atoms with Crippen LogP contribution in [0.2, 0.25) is 0 Å². The number of methoxy groups -OCH3 is 1. The zero-order valence-corrected chi connectivity index (χ0v) is 8.13. The molecule has 86 valence electrons. The van der Waals surface area contributed by atoms with Crippen molar-refractivity contribution in [2.75, 3.05) is 7.11 Å². The number of esters is 1. The quantitative estimate of drug-likeness (QED) is 0.503. The molecule has 2 atom stereocenters. The second-order valence-electron chi connectivity index (χ2n) is 3.55. The molecule has 0 radical (unpaired) electrons. The summed E-state index contributed by atoms with van der Waals surface area (Å²) in [7, 11) is 1.06. The summed E-state index contributed by atoms with van der Waals surface area (Å²) in [5.74, 6) is -4.13. The molecule has 1 aliphatic rings. The molecule has 0 heterocycles. The Labute approximate surface area is 84.6 Å². The van der Waals surface area contributed by atoms with E-state index in [-0.39, 0.29) is 12.8 Å². The van der Waals surface area contributed by atoms with Crippen molar-refractivity contribution in [3.63, 3.8) is 0 Å². The van der Waals surface area contributed by atoms with E-state index in [0.29, 0.717) is 0 Å². The van der Waals surface area contributed by atoms with Crippen molar-refractivity contribution in [1.82, 2.24) is 0 Å². The van der Waals surface area contributed by atoms with Crippen LogP contribution in [0.15, 0.2) is 0 Å². The van der Waals surface area contributed by atoms with Gasteiger partial charge in [0, 0.05) is 6.42 Å². The van der Waals surface area contributed by atoms with E-state index in [2.05, 4.69) is 4.74 Å². The maximum absolute atomic E-state index is 12.3. The predicted octanol–water partition coefficient (Wildman–Crippen LogP) is 1.71. The lowest BCUT2D eigenvalue weighted by atomic mass is 9.80. The third-order valence-electron chi connectivity index (χ3n) is 2.60. The highest BCUT2D eigenvalue weighted by Gasteiger charge is 2.46. The second-order valence-corrected chi connectivity index (χ2v) is 3.55. The van der Waals surface area contributed by atoms with Crippen molar-refractivity contribution >= 4 is 11.8 Å². The van der Waals surface area contributed by atoms with Crippen LogP contribution in [0.25, 0.3) is 0 Å². The highest BCUT2D eigenvalue weighted by atomic mass is 19.4. The van der Waals surface area contributed by atoms with Crippen LogP contribution in [0.3, 0.4) is 0 Å². The summed E-state index contributed by atoms with van der Waals surface area (Å²) in [6, 6.07) is 0. The van der Waals surface area contributed by atoms with Gasteiger partial charge in [-0.05, 0) is 12.8 Å². The van der Waals surface area contributed by atoms with Crippen molar-refractivity contribution in [3.05, 3.63) is 0 Å². The van der Waals surface area contributed by atoms with Crippen LogP contribution in [0.1, 0.15) is 19.3 Å². The third-order valence-corrected chi connectivity index (χ3v) is 2.60. The van der Waals surface area contributed by atoms with E-state index in [9.17, 15) is 22.8 Å². The number of carbonyl (C=O) groups excluding carboxylic acids is 2. The Kier molecular flexibility index (Phi) is 3.36. The van der Waals surface area contributed by atoms with E-state index in [1.807, 2.05) is 0 Å². The Morgan fingerprint density at radius 2 is 2.07 bits per heavy atom. The van der Waals surface area contributed by atoms with Crippen molar-refractivity contribution < 1.29 is 27.5 Å². The molecule has 1 aliphatic carbocycles. The first kappa shape index (κ1) is 12.0. The minimum Gasteiger partial charge on any atom is -0.468 e. The van der Waals surface area contributed by atoms with Gasteiger partial charge in [-0.3, -0.25) is 9.59 Å². The highest BCUT2D eigenvalue weighted by molar-refractivity contribution is 5.99. The van der Waals surface area contributed by atoms with E-state index < -0.39 is 36.2 Å². The summed E-state index contributed by atoms with van der Waals surface area (Å²) < 4.78 is 41.3. The van der Waals surface area contributed by atoms with Gasteiger partial charge < -0.3 is 4.74 Å². The molecule has 0 N–H and O–H groups in total. The Bertz CT molecular complexity index is 264. The number of ether oxygens (including phenoxy) is 1. The van der Waals surface area contributed by atoms with Crippen LogP contribution in [0.4, 0.5) is 13.2 Å². The van der Waals surface area contributed by atoms with E-state index in [1.54, 1.807) is 0 Å². The molecular weight excluding hydrogens is 213 g/mol. The van der Waals surface area contributed by atoms with Gasteiger partial charge in [-0.1, -0.05) is 0 Å². The zero-order valence-electron chi connectivity index (χ0n) is 8.13. The molecule has 6 heteroatoms. The lowest BCUT2D eigenvalue weighted by Gasteiger charge is -2.27. The number of rotatable bonds is 1. The Morgan fingerprint density at radius 1 is 1.47 bits per heavy atom. The van der Waals surface area contributed by atoms with Gasteiger partial charge in [0.15, 0.2) is 0 Å². The van der Waals surface area contributed by atoms with Crippen LogP contribution in [0, 0.1) is 11.8 Å². The van der Waals surface area contributed by atoms with Gasteiger partial charge in [0.1, 0.15) is 11.7 Å². The molecule has 1 saturated carbocycles. The molecule has 0 aromatic rings. The van der Waals surface area contributed by atoms with Crippen molar-refractivity contribution in [3.8, 4) is 0 Å². The van der Waals surface area contributed by atoms with Gasteiger partial charge in [0.05, 0.1) is 13.0 Å². The summed E-state index contributed by atoms with van der Waals surface area (Å²) >= 11 is 0. The SMILES string of the molecule is COC(=O)C1CC(C(F)(F)F)CCC1=O. The van der Waals surface area contributed by atoms with Gasteiger partial charge in [0.2, 0.25) is 0 Å². The van der Waals surface area contributed by atoms with Gasteiger partial charge in [-0.25, -0.2) is 0 Å². The number of alkyl halides is 3. The molecule has 0 amide bonds. The van der Waals surface area contributed by atoms with Crippen LogP contribution < -0.4 is 0 Å². The Balaban J connectivity index is 2.72. The maximum atomic E-state index is 12.3. The fraction of sp³-hybridized carbons (Fsp3) is 0.778. The van der Waals surface area contributed by atoms with Gasteiger partial charge >= 0.3 is 12.1 Å². The molecule has 0 aromatic carbocycles. The number of hydrogen-bond donors (Lipinski definition) is 0. The minimum absolute atomic E-state index is 0.204. The first-order valence-corrected chi connectivity index (χ1v) is 4.53. The normalized spacial score (nSPS) is 27.6. The topological polar surface area (TPSA) is 43.4 Å². The number of carbonyl (C=O) groups is 2. The molecule has 15 heavy (non-hydrogen) atoms. The fourth-order valence-electron chi connectivity index (χ4n) is 1.69. The molecule has 1 fully saturated rings. The van der Waals surface area contributed by atoms with Gasteiger partial charge in [-0.2, -0.15) is 13.2 Å². The Hall–Kier alpha value is -1.07. The second kappa shape index (κ2) is 4.20. The molecule has 0 saturated heterocycles. The van der Waals surface area contributed by atoms with Crippen molar-refractivity contribution in [2.45, 2.75) is 25.4 Å². The summed E-state index contributed by atoms with van der Waals surface area (Å²) in [6.45, 7) is 0. The lowest BCUT2D eigenvalue weighted by Crippen LogP contribution is -2.37. The van der Waals surface area contributed by atoms with Crippen LogP contribution in [-0.2, 0) is 14.3 Å². The molecule has 2 unspecified atom stereocenters. The van der Waals surface area contributed by atoms with E-state index in [1.165, 1.54) is 0 Å². The smallest absolute Gasteiger partial charge is 0.391 e. The molecule has 3 nitrogen and oxygen atoms in total. The van der Waals surface area contributed by atoms with E-state index >= 15 is 0 Å². The monoisotopic (exact) mass is 224 g/mol. The molecule has 0 aromatic heterocycles. The van der Waals surface area contributed by atoms with E-state index in [0.717, 1.165) is 7.11 Å². The maximum Gasteiger partial charge on any atom is 0.391 e. The van der Waals surface area contributed by atoms with Gasteiger partial charge in [-0.15, -0.1) is 0 Å². The molecule has 0 spiro atoms. The highest BCUT2D eigenvalue weighted by Crippen LogP contribution is 2.38. The summed E-state index contributed by atoms with van der Waals surface area (Å²) in [6.07, 6.45) is -5.25. The van der Waals surface area contributed by atoms with Crippen molar-refractivity contribution in [2.24, 2.45) is 11.8 Å². The standard InChI is InChI=1S/C9H11F3O3/c1-15-8(14)6-4-5(9(10,11)12)2-3-7(6)13/h5-6H,2-4H2,1H3. The average molecular weight is 224 g/mol. The number of hydrogen-bond acceptors (Lipinski definition) is 3. The van der Waals surface area contributed by atoms with Crippen molar-refractivity contribution in [1.29, 1.82) is 0 Å². The fourth-order valence-corrected chi connectivity index (χ4v) is 1.69. The molecule has 0 bridgehead atoms. The van der Waals surface area contributed by atoms with Crippen LogP contribution >= 0.6 is 0 Å². The first-order valence-electron chi connectivity index (χ1n) is 4.53. The zero-order chi connectivity index (χ0) is 11.6. The molecule has 1 rings (SSSR count). The number of halogens is 3. The van der Waals surface area contributed by atoms with Crippen LogP contribution in [0.5, 0.6) is 0 Å².